The molecule has 0 spiro atoms. The highest BCUT2D eigenvalue weighted by atomic mass is 15.2. The van der Waals surface area contributed by atoms with Crippen LogP contribution in [0.15, 0.2) is 17.3 Å². The third-order valence-electron chi connectivity index (χ3n) is 1.86. The number of amidine groups is 1. The van der Waals surface area contributed by atoms with Crippen molar-refractivity contribution >= 4 is 5.84 Å². The van der Waals surface area contributed by atoms with Crippen LogP contribution in [0.4, 0.5) is 0 Å². The average molecular weight is 122 g/mol. The summed E-state index contributed by atoms with van der Waals surface area (Å²) in [5, 5.41) is 0. The van der Waals surface area contributed by atoms with Gasteiger partial charge in [-0.1, -0.05) is 0 Å². The van der Waals surface area contributed by atoms with Gasteiger partial charge in [-0.3, -0.25) is 0 Å². The third-order valence-corrected chi connectivity index (χ3v) is 1.86. The molecule has 0 aromatic rings. The summed E-state index contributed by atoms with van der Waals surface area (Å²) in [5.74, 6) is 1.19. The molecule has 2 heterocycles. The van der Waals surface area contributed by atoms with Crippen LogP contribution in [0.3, 0.4) is 0 Å². The average Bonchev–Trinajstić information content (AvgIpc) is 2.11. The number of nitrogens with zero attached hydrogens (tertiary/aromatic N) is 2. The maximum absolute atomic E-state index is 4.11. The zero-order valence-corrected chi connectivity index (χ0v) is 5.38. The Hall–Kier alpha value is -0.790. The molecule has 0 amide bonds. The van der Waals surface area contributed by atoms with Crippen LogP contribution < -0.4 is 0 Å². The van der Waals surface area contributed by atoms with E-state index in [2.05, 4.69) is 16.0 Å². The summed E-state index contributed by atoms with van der Waals surface area (Å²) < 4.78 is 0. The molecule has 2 aliphatic heterocycles. The van der Waals surface area contributed by atoms with Gasteiger partial charge >= 0.3 is 0 Å². The monoisotopic (exact) mass is 122 g/mol. The Kier molecular flexibility index (Phi) is 1.04. The van der Waals surface area contributed by atoms with E-state index in [-0.39, 0.29) is 0 Å². The van der Waals surface area contributed by atoms with Gasteiger partial charge in [0.05, 0.1) is 0 Å². The predicted octanol–water partition coefficient (Wildman–Crippen LogP) is 1.01. The van der Waals surface area contributed by atoms with Crippen LogP contribution in [0.2, 0.25) is 0 Å². The summed E-state index contributed by atoms with van der Waals surface area (Å²) >= 11 is 0. The molecule has 2 rings (SSSR count). The van der Waals surface area contributed by atoms with Gasteiger partial charge in [0.1, 0.15) is 5.84 Å². The maximum Gasteiger partial charge on any atom is 0.130 e. The number of hydrogen-bond donors (Lipinski definition) is 0. The topological polar surface area (TPSA) is 15.6 Å². The van der Waals surface area contributed by atoms with E-state index in [4.69, 9.17) is 0 Å². The Bertz CT molecular complexity index is 164. The minimum Gasteiger partial charge on any atom is -0.357 e. The first kappa shape index (κ1) is 5.03. The van der Waals surface area contributed by atoms with E-state index in [0.29, 0.717) is 0 Å². The van der Waals surface area contributed by atoms with Crippen molar-refractivity contribution in [3.8, 4) is 0 Å². The molecule has 0 unspecified atom stereocenters. The minimum absolute atomic E-state index is 1.19. The second kappa shape index (κ2) is 1.87. The summed E-state index contributed by atoms with van der Waals surface area (Å²) in [4.78, 5) is 6.45. The van der Waals surface area contributed by atoms with Crippen molar-refractivity contribution in [3.63, 3.8) is 0 Å². The van der Waals surface area contributed by atoms with E-state index in [9.17, 15) is 0 Å². The predicted molar refractivity (Wildman–Crippen MR) is 37.4 cm³/mol. The SMILES string of the molecule is C1=CC(N2CCCC2)=N1. The van der Waals surface area contributed by atoms with Crippen molar-refractivity contribution in [2.45, 2.75) is 12.8 Å². The molecule has 1 saturated heterocycles. The van der Waals surface area contributed by atoms with Gasteiger partial charge in [0.2, 0.25) is 0 Å². The molecule has 0 atom stereocenters. The lowest BCUT2D eigenvalue weighted by Gasteiger charge is -2.19. The van der Waals surface area contributed by atoms with E-state index in [1.807, 2.05) is 6.20 Å². The molecule has 0 radical (unpaired) electrons. The smallest absolute Gasteiger partial charge is 0.130 e. The van der Waals surface area contributed by atoms with E-state index in [0.717, 1.165) is 0 Å². The van der Waals surface area contributed by atoms with Crippen LogP contribution in [0.5, 0.6) is 0 Å². The molecule has 9 heavy (non-hydrogen) atoms. The van der Waals surface area contributed by atoms with Crippen LogP contribution in [0.1, 0.15) is 12.8 Å². The van der Waals surface area contributed by atoms with E-state index >= 15 is 0 Å². The first-order valence-corrected chi connectivity index (χ1v) is 3.46. The molecule has 0 aromatic heterocycles. The first-order valence-electron chi connectivity index (χ1n) is 3.46. The summed E-state index contributed by atoms with van der Waals surface area (Å²) in [6.45, 7) is 2.42. The lowest BCUT2D eigenvalue weighted by Crippen LogP contribution is -2.27. The van der Waals surface area contributed by atoms with E-state index < -0.39 is 0 Å². The van der Waals surface area contributed by atoms with Crippen molar-refractivity contribution in [2.24, 2.45) is 4.99 Å². The van der Waals surface area contributed by atoms with Gasteiger partial charge in [-0.25, -0.2) is 4.99 Å². The molecule has 48 valence electrons. The van der Waals surface area contributed by atoms with Gasteiger partial charge in [0.15, 0.2) is 0 Å². The maximum atomic E-state index is 4.11. The molecule has 0 bridgehead atoms. The zero-order chi connectivity index (χ0) is 6.10. The van der Waals surface area contributed by atoms with Gasteiger partial charge in [-0.05, 0) is 18.9 Å². The van der Waals surface area contributed by atoms with Crippen molar-refractivity contribution < 1.29 is 0 Å². The number of likely N-dealkylation sites (tertiary alicyclic amines) is 1. The van der Waals surface area contributed by atoms with Gasteiger partial charge in [0.25, 0.3) is 0 Å². The van der Waals surface area contributed by atoms with Crippen LogP contribution in [-0.2, 0) is 0 Å². The van der Waals surface area contributed by atoms with Gasteiger partial charge in [-0.15, -0.1) is 0 Å². The normalized spacial score (nSPS) is 24.0. The standard InChI is InChI=1S/C7H10N2/c1-2-6-9(5-1)7-3-4-8-7/h3-4H,1-2,5-6H2. The molecule has 0 N–H and O–H groups in total. The van der Waals surface area contributed by atoms with Crippen LogP contribution >= 0.6 is 0 Å². The number of hydrogen-bond acceptors (Lipinski definition) is 2. The second-order valence-corrected chi connectivity index (χ2v) is 2.50. The molecule has 2 aliphatic rings. The van der Waals surface area contributed by atoms with Crippen LogP contribution in [-0.4, -0.2) is 23.8 Å². The number of rotatable bonds is 0. The van der Waals surface area contributed by atoms with E-state index in [1.54, 1.807) is 0 Å². The van der Waals surface area contributed by atoms with E-state index in [1.165, 1.54) is 31.8 Å². The van der Waals surface area contributed by atoms with Crippen LogP contribution in [0, 0.1) is 0 Å². The summed E-state index contributed by atoms with van der Waals surface area (Å²) in [6.07, 6.45) is 6.61. The third kappa shape index (κ3) is 0.745. The molecule has 2 nitrogen and oxygen atoms in total. The fourth-order valence-electron chi connectivity index (χ4n) is 1.27. The first-order chi connectivity index (χ1) is 4.47. The largest absolute Gasteiger partial charge is 0.357 e. The molecular formula is C7H10N2. The molecular weight excluding hydrogens is 112 g/mol. The lowest BCUT2D eigenvalue weighted by molar-refractivity contribution is 0.519. The van der Waals surface area contributed by atoms with Gasteiger partial charge in [0, 0.05) is 19.3 Å². The van der Waals surface area contributed by atoms with Crippen molar-refractivity contribution in [1.82, 2.24) is 4.90 Å². The molecule has 1 fully saturated rings. The Morgan fingerprint density at radius 2 is 2.00 bits per heavy atom. The summed E-state index contributed by atoms with van der Waals surface area (Å²) in [6, 6.07) is 0. The molecule has 0 saturated carbocycles. The molecule has 0 aliphatic carbocycles. The fourth-order valence-corrected chi connectivity index (χ4v) is 1.27. The second-order valence-electron chi connectivity index (χ2n) is 2.50. The van der Waals surface area contributed by atoms with Gasteiger partial charge in [-0.2, -0.15) is 0 Å². The van der Waals surface area contributed by atoms with Crippen LogP contribution in [0.25, 0.3) is 0 Å². The fraction of sp³-hybridized carbons (Fsp3) is 0.571. The van der Waals surface area contributed by atoms with Crippen molar-refractivity contribution in [3.05, 3.63) is 12.3 Å². The highest BCUT2D eigenvalue weighted by Crippen LogP contribution is 2.11. The highest BCUT2D eigenvalue weighted by Gasteiger charge is 2.15. The Labute approximate surface area is 54.9 Å². The van der Waals surface area contributed by atoms with Crippen molar-refractivity contribution in [1.29, 1.82) is 0 Å². The Morgan fingerprint density at radius 1 is 1.33 bits per heavy atom. The Morgan fingerprint density at radius 3 is 2.44 bits per heavy atom. The molecule has 2 heteroatoms. The number of aliphatic imine (C=N–C) groups is 1. The highest BCUT2D eigenvalue weighted by molar-refractivity contribution is 5.97. The lowest BCUT2D eigenvalue weighted by atomic mass is 10.4. The van der Waals surface area contributed by atoms with Gasteiger partial charge < -0.3 is 4.90 Å². The van der Waals surface area contributed by atoms with Crippen molar-refractivity contribution in [2.75, 3.05) is 13.1 Å². The zero-order valence-electron chi connectivity index (χ0n) is 5.38. The summed E-state index contributed by atoms with van der Waals surface area (Å²) in [5.41, 5.74) is 0. The quantitative estimate of drug-likeness (QED) is 0.468. The Balaban J connectivity index is 1.97. The minimum atomic E-state index is 1.19. The molecule has 0 aromatic carbocycles. The summed E-state index contributed by atoms with van der Waals surface area (Å²) in [7, 11) is 0.